The number of aryl methyl sites for hydroxylation is 1. The summed E-state index contributed by atoms with van der Waals surface area (Å²) in [4.78, 5) is 29.1. The number of pyridine rings is 1. The summed E-state index contributed by atoms with van der Waals surface area (Å²) in [5.74, 6) is -0.531. The molecule has 0 saturated heterocycles. The van der Waals surface area contributed by atoms with Crippen molar-refractivity contribution >= 4 is 22.9 Å². The number of rotatable bonds is 6. The van der Waals surface area contributed by atoms with Crippen molar-refractivity contribution in [2.45, 2.75) is 53.1 Å². The fraction of sp³-hybridized carbons (Fsp3) is 0.556. The predicted molar refractivity (Wildman–Crippen MR) is 95.4 cm³/mol. The number of fused-ring (bicyclic) bond motifs is 1. The van der Waals surface area contributed by atoms with Gasteiger partial charge < -0.3 is 10.1 Å². The van der Waals surface area contributed by atoms with Crippen molar-refractivity contribution < 1.29 is 14.3 Å². The Kier molecular flexibility index (Phi) is 5.77. The van der Waals surface area contributed by atoms with Crippen LogP contribution in [0.15, 0.2) is 12.3 Å². The van der Waals surface area contributed by atoms with Gasteiger partial charge in [-0.25, -0.2) is 14.5 Å². The van der Waals surface area contributed by atoms with E-state index in [1.165, 1.54) is 7.11 Å². The van der Waals surface area contributed by atoms with Crippen LogP contribution in [0.25, 0.3) is 11.0 Å². The van der Waals surface area contributed by atoms with Crippen molar-refractivity contribution in [3.05, 3.63) is 23.5 Å². The molecule has 2 rings (SSSR count). The molecule has 0 bridgehead atoms. The molecule has 0 radical (unpaired) electrons. The van der Waals surface area contributed by atoms with Gasteiger partial charge in [0, 0.05) is 11.4 Å². The minimum Gasteiger partial charge on any atom is -0.467 e. The fourth-order valence-corrected chi connectivity index (χ4v) is 2.74. The van der Waals surface area contributed by atoms with Crippen LogP contribution in [0, 0.1) is 12.8 Å². The van der Waals surface area contributed by atoms with Crippen LogP contribution in [0.5, 0.6) is 0 Å². The van der Waals surface area contributed by atoms with E-state index in [-0.39, 0.29) is 17.9 Å². The molecule has 7 heteroatoms. The molecule has 1 unspecified atom stereocenters. The van der Waals surface area contributed by atoms with Gasteiger partial charge in [-0.2, -0.15) is 5.10 Å². The number of esters is 1. The largest absolute Gasteiger partial charge is 0.467 e. The number of hydrogen-bond donors (Lipinski definition) is 1. The van der Waals surface area contributed by atoms with E-state index < -0.39 is 12.0 Å². The van der Waals surface area contributed by atoms with Crippen LogP contribution in [0.3, 0.4) is 0 Å². The zero-order valence-corrected chi connectivity index (χ0v) is 15.7. The summed E-state index contributed by atoms with van der Waals surface area (Å²) >= 11 is 0. The van der Waals surface area contributed by atoms with E-state index in [1.54, 1.807) is 19.2 Å². The topological polar surface area (TPSA) is 86.1 Å². The molecule has 0 saturated carbocycles. The van der Waals surface area contributed by atoms with Crippen LogP contribution >= 0.6 is 0 Å². The van der Waals surface area contributed by atoms with Crippen LogP contribution in [-0.2, 0) is 9.53 Å². The van der Waals surface area contributed by atoms with Gasteiger partial charge in [0.2, 0.25) is 0 Å². The number of aromatic nitrogens is 3. The molecule has 2 aromatic heterocycles. The normalized spacial score (nSPS) is 12.6. The maximum absolute atomic E-state index is 12.7. The van der Waals surface area contributed by atoms with Crippen molar-refractivity contribution in [2.24, 2.45) is 5.92 Å². The van der Waals surface area contributed by atoms with Gasteiger partial charge in [0.1, 0.15) is 6.04 Å². The highest BCUT2D eigenvalue weighted by atomic mass is 16.5. The number of hydrogen-bond acceptors (Lipinski definition) is 5. The van der Waals surface area contributed by atoms with Crippen LogP contribution in [-0.4, -0.2) is 39.8 Å². The maximum Gasteiger partial charge on any atom is 0.328 e. The quantitative estimate of drug-likeness (QED) is 0.813. The molecular formula is C18H26N4O3. The van der Waals surface area contributed by atoms with Gasteiger partial charge in [-0.3, -0.25) is 4.79 Å². The summed E-state index contributed by atoms with van der Waals surface area (Å²) in [6, 6.07) is 1.27. The highest BCUT2D eigenvalue weighted by Gasteiger charge is 2.24. The van der Waals surface area contributed by atoms with E-state index >= 15 is 0 Å². The maximum atomic E-state index is 12.7. The zero-order chi connectivity index (χ0) is 18.7. The Balaban J connectivity index is 2.32. The van der Waals surface area contributed by atoms with E-state index in [4.69, 9.17) is 4.74 Å². The van der Waals surface area contributed by atoms with Crippen molar-refractivity contribution in [3.8, 4) is 0 Å². The average molecular weight is 346 g/mol. The number of carbonyl (C=O) groups excluding carboxylic acids is 2. The Labute approximate surface area is 147 Å². The van der Waals surface area contributed by atoms with E-state index in [0.29, 0.717) is 17.7 Å². The Morgan fingerprint density at radius 1 is 1.28 bits per heavy atom. The summed E-state index contributed by atoms with van der Waals surface area (Å²) in [5, 5.41) is 7.89. The van der Waals surface area contributed by atoms with E-state index in [2.05, 4.69) is 15.4 Å². The second kappa shape index (κ2) is 7.63. The minimum absolute atomic E-state index is 0.179. The van der Waals surface area contributed by atoms with Crippen LogP contribution in [0.4, 0.5) is 0 Å². The molecule has 1 N–H and O–H groups in total. The van der Waals surface area contributed by atoms with Crippen molar-refractivity contribution in [1.29, 1.82) is 0 Å². The third kappa shape index (κ3) is 4.15. The highest BCUT2D eigenvalue weighted by Crippen LogP contribution is 2.19. The number of amides is 1. The minimum atomic E-state index is -0.675. The lowest BCUT2D eigenvalue weighted by atomic mass is 10.0. The zero-order valence-electron chi connectivity index (χ0n) is 15.7. The molecule has 2 heterocycles. The number of methoxy groups -OCH3 is 1. The molecule has 1 atom stereocenters. The summed E-state index contributed by atoms with van der Waals surface area (Å²) < 4.78 is 6.62. The van der Waals surface area contributed by atoms with Crippen LogP contribution < -0.4 is 5.32 Å². The average Bonchev–Trinajstić information content (AvgIpc) is 2.94. The number of nitrogens with one attached hydrogen (secondary N) is 1. The van der Waals surface area contributed by atoms with Gasteiger partial charge in [-0.05, 0) is 39.2 Å². The lowest BCUT2D eigenvalue weighted by Gasteiger charge is -2.18. The van der Waals surface area contributed by atoms with Gasteiger partial charge in [0.15, 0.2) is 5.65 Å². The molecule has 2 aromatic rings. The van der Waals surface area contributed by atoms with Gasteiger partial charge in [-0.1, -0.05) is 13.8 Å². The highest BCUT2D eigenvalue weighted by molar-refractivity contribution is 6.00. The molecular weight excluding hydrogens is 320 g/mol. The molecule has 0 spiro atoms. The van der Waals surface area contributed by atoms with E-state index in [0.717, 1.165) is 11.0 Å². The predicted octanol–water partition coefficient (Wildman–Crippen LogP) is 2.64. The number of ether oxygens (including phenoxy) is 1. The molecule has 136 valence electrons. The lowest BCUT2D eigenvalue weighted by Crippen LogP contribution is -2.42. The summed E-state index contributed by atoms with van der Waals surface area (Å²) in [7, 11) is 1.32. The van der Waals surface area contributed by atoms with Crippen molar-refractivity contribution in [1.82, 2.24) is 20.1 Å². The number of carbonyl (C=O) groups is 2. The monoisotopic (exact) mass is 346 g/mol. The fourth-order valence-electron chi connectivity index (χ4n) is 2.74. The lowest BCUT2D eigenvalue weighted by molar-refractivity contribution is -0.143. The molecule has 0 aromatic carbocycles. The Morgan fingerprint density at radius 3 is 2.52 bits per heavy atom. The van der Waals surface area contributed by atoms with Crippen LogP contribution in [0.1, 0.15) is 56.2 Å². The summed E-state index contributed by atoms with van der Waals surface area (Å²) in [6.07, 6.45) is 2.21. The first kappa shape index (κ1) is 18.9. The summed E-state index contributed by atoms with van der Waals surface area (Å²) in [6.45, 7) is 9.80. The molecule has 0 fully saturated rings. The molecule has 1 amide bonds. The van der Waals surface area contributed by atoms with Crippen molar-refractivity contribution in [2.75, 3.05) is 7.11 Å². The molecule has 0 aliphatic heterocycles. The molecule has 7 nitrogen and oxygen atoms in total. The van der Waals surface area contributed by atoms with Gasteiger partial charge >= 0.3 is 5.97 Å². The first-order valence-electron chi connectivity index (χ1n) is 8.48. The second-order valence-corrected chi connectivity index (χ2v) is 6.90. The smallest absolute Gasteiger partial charge is 0.328 e. The Morgan fingerprint density at radius 2 is 1.96 bits per heavy atom. The standard InChI is InChI=1S/C18H26N4O3/c1-10(2)7-15(18(24)25-6)21-17(23)14-8-13-9-19-22(11(3)4)16(13)20-12(14)5/h8-11,15H,7H2,1-6H3,(H,21,23). The molecule has 0 aliphatic carbocycles. The second-order valence-electron chi connectivity index (χ2n) is 6.90. The molecule has 25 heavy (non-hydrogen) atoms. The van der Waals surface area contributed by atoms with Gasteiger partial charge in [0.05, 0.1) is 24.6 Å². The van der Waals surface area contributed by atoms with Crippen molar-refractivity contribution in [3.63, 3.8) is 0 Å². The van der Waals surface area contributed by atoms with E-state index in [9.17, 15) is 9.59 Å². The van der Waals surface area contributed by atoms with Crippen LogP contribution in [0.2, 0.25) is 0 Å². The third-order valence-electron chi connectivity index (χ3n) is 3.99. The number of nitrogens with zero attached hydrogens (tertiary/aromatic N) is 3. The summed E-state index contributed by atoms with van der Waals surface area (Å²) in [5.41, 5.74) is 1.78. The molecule has 0 aliphatic rings. The SMILES string of the molecule is COC(=O)C(CC(C)C)NC(=O)c1cc2cnn(C(C)C)c2nc1C. The first-order chi connectivity index (χ1) is 11.7. The van der Waals surface area contributed by atoms with E-state index in [1.807, 2.05) is 32.4 Å². The third-order valence-corrected chi connectivity index (χ3v) is 3.99. The Bertz CT molecular complexity index is 780. The van der Waals surface area contributed by atoms with Gasteiger partial charge in [0.25, 0.3) is 5.91 Å². The first-order valence-corrected chi connectivity index (χ1v) is 8.48. The van der Waals surface area contributed by atoms with Gasteiger partial charge in [-0.15, -0.1) is 0 Å². The Hall–Kier alpha value is -2.44.